The third-order valence-electron chi connectivity index (χ3n) is 3.17. The highest BCUT2D eigenvalue weighted by atomic mass is 16.5. The molecular formula is C16H14O2. The average molecular weight is 238 g/mol. The van der Waals surface area contributed by atoms with Gasteiger partial charge in [-0.05, 0) is 11.6 Å². The first-order chi connectivity index (χ1) is 8.75. The van der Waals surface area contributed by atoms with Crippen LogP contribution in [0.1, 0.15) is 11.5 Å². The molecule has 2 rings (SSSR count). The monoisotopic (exact) mass is 238 g/mol. The van der Waals surface area contributed by atoms with Crippen LogP contribution in [-0.2, 0) is 9.53 Å². The molecule has 2 unspecified atom stereocenters. The number of carbonyl (C=O) groups is 1. The lowest BCUT2D eigenvalue weighted by molar-refractivity contribution is -0.106. The quantitative estimate of drug-likeness (QED) is 0.459. The standard InChI is InChI=1S/C16H14O2/c1-3-16(18-2)10-9-14(11-15(16)12-17)13-7-5-4-6-8-13/h1,4-12,14H,2H3. The van der Waals surface area contributed by atoms with E-state index in [-0.39, 0.29) is 5.92 Å². The Labute approximate surface area is 107 Å². The fourth-order valence-electron chi connectivity index (χ4n) is 2.09. The molecular weight excluding hydrogens is 224 g/mol. The Balaban J connectivity index is 2.40. The Bertz CT molecular complexity index is 534. The van der Waals surface area contributed by atoms with Crippen LogP contribution in [0.4, 0.5) is 0 Å². The van der Waals surface area contributed by atoms with E-state index < -0.39 is 5.60 Å². The number of rotatable bonds is 3. The molecule has 2 atom stereocenters. The van der Waals surface area contributed by atoms with Gasteiger partial charge in [-0.25, -0.2) is 0 Å². The minimum Gasteiger partial charge on any atom is -0.358 e. The largest absolute Gasteiger partial charge is 0.358 e. The molecule has 90 valence electrons. The van der Waals surface area contributed by atoms with Crippen LogP contribution in [0.5, 0.6) is 0 Å². The number of allylic oxidation sites excluding steroid dienone is 2. The molecule has 0 N–H and O–H groups in total. The van der Waals surface area contributed by atoms with Gasteiger partial charge in [0.2, 0.25) is 0 Å². The number of ether oxygens (including phenoxy) is 1. The van der Waals surface area contributed by atoms with E-state index in [0.29, 0.717) is 5.57 Å². The maximum Gasteiger partial charge on any atom is 0.175 e. The summed E-state index contributed by atoms with van der Waals surface area (Å²) in [5.41, 5.74) is 0.575. The molecule has 0 amide bonds. The molecule has 0 spiro atoms. The molecule has 0 aromatic heterocycles. The van der Waals surface area contributed by atoms with Gasteiger partial charge in [-0.2, -0.15) is 0 Å². The zero-order chi connectivity index (χ0) is 13.0. The zero-order valence-corrected chi connectivity index (χ0v) is 10.2. The van der Waals surface area contributed by atoms with Crippen LogP contribution in [0.2, 0.25) is 0 Å². The summed E-state index contributed by atoms with van der Waals surface area (Å²) in [5.74, 6) is 2.59. The lowest BCUT2D eigenvalue weighted by atomic mass is 9.83. The van der Waals surface area contributed by atoms with Crippen molar-refractivity contribution in [3.8, 4) is 12.3 Å². The van der Waals surface area contributed by atoms with E-state index in [1.54, 1.807) is 6.08 Å². The maximum absolute atomic E-state index is 11.2. The Morgan fingerprint density at radius 2 is 2.11 bits per heavy atom. The van der Waals surface area contributed by atoms with Gasteiger partial charge in [0.05, 0.1) is 0 Å². The van der Waals surface area contributed by atoms with Crippen LogP contribution in [0, 0.1) is 12.3 Å². The van der Waals surface area contributed by atoms with Crippen molar-refractivity contribution in [2.75, 3.05) is 7.11 Å². The van der Waals surface area contributed by atoms with Gasteiger partial charge in [0.1, 0.15) is 6.29 Å². The highest BCUT2D eigenvalue weighted by molar-refractivity contribution is 5.80. The summed E-state index contributed by atoms with van der Waals surface area (Å²) < 4.78 is 5.29. The number of aldehydes is 1. The average Bonchev–Trinajstić information content (AvgIpc) is 2.47. The second-order valence-corrected chi connectivity index (χ2v) is 4.12. The molecule has 1 aromatic carbocycles. The molecule has 2 nitrogen and oxygen atoms in total. The second kappa shape index (κ2) is 5.03. The molecule has 18 heavy (non-hydrogen) atoms. The molecule has 0 aliphatic heterocycles. The summed E-state index contributed by atoms with van der Waals surface area (Å²) in [5, 5.41) is 0. The molecule has 1 aromatic rings. The summed E-state index contributed by atoms with van der Waals surface area (Å²) >= 11 is 0. The molecule has 0 radical (unpaired) electrons. The summed E-state index contributed by atoms with van der Waals surface area (Å²) in [6.45, 7) is 0. The molecule has 0 saturated carbocycles. The van der Waals surface area contributed by atoms with Gasteiger partial charge >= 0.3 is 0 Å². The third kappa shape index (κ3) is 2.01. The first-order valence-electron chi connectivity index (χ1n) is 5.70. The highest BCUT2D eigenvalue weighted by Crippen LogP contribution is 2.32. The van der Waals surface area contributed by atoms with Gasteiger partial charge in [-0.1, -0.05) is 48.4 Å². The van der Waals surface area contributed by atoms with E-state index in [0.717, 1.165) is 11.8 Å². The Kier molecular flexibility index (Phi) is 3.45. The van der Waals surface area contributed by atoms with Crippen LogP contribution in [0.15, 0.2) is 54.1 Å². The molecule has 0 fully saturated rings. The van der Waals surface area contributed by atoms with E-state index in [1.165, 1.54) is 7.11 Å². The van der Waals surface area contributed by atoms with E-state index in [4.69, 9.17) is 11.2 Å². The highest BCUT2D eigenvalue weighted by Gasteiger charge is 2.32. The number of hydrogen-bond donors (Lipinski definition) is 0. The molecule has 0 bridgehead atoms. The van der Waals surface area contributed by atoms with Crippen molar-refractivity contribution in [2.45, 2.75) is 11.5 Å². The number of methoxy groups -OCH3 is 1. The van der Waals surface area contributed by atoms with Crippen LogP contribution in [0.25, 0.3) is 0 Å². The molecule has 2 heteroatoms. The number of benzene rings is 1. The summed E-state index contributed by atoms with van der Waals surface area (Å²) in [4.78, 5) is 11.2. The fourth-order valence-corrected chi connectivity index (χ4v) is 2.09. The molecule has 0 heterocycles. The van der Waals surface area contributed by atoms with Crippen molar-refractivity contribution in [1.29, 1.82) is 0 Å². The predicted molar refractivity (Wildman–Crippen MR) is 71.0 cm³/mol. The van der Waals surface area contributed by atoms with Gasteiger partial charge < -0.3 is 4.74 Å². The maximum atomic E-state index is 11.2. The van der Waals surface area contributed by atoms with Crippen LogP contribution < -0.4 is 0 Å². The predicted octanol–water partition coefficient (Wildman–Crippen LogP) is 2.48. The van der Waals surface area contributed by atoms with E-state index in [1.807, 2.05) is 42.5 Å². The number of hydrogen-bond acceptors (Lipinski definition) is 2. The SMILES string of the molecule is C#CC1(OC)C=CC(c2ccccc2)C=C1C=O. The summed E-state index contributed by atoms with van der Waals surface area (Å²) in [6.07, 6.45) is 11.8. The Morgan fingerprint density at radius 3 is 2.67 bits per heavy atom. The van der Waals surface area contributed by atoms with Crippen molar-refractivity contribution in [2.24, 2.45) is 0 Å². The lowest BCUT2D eigenvalue weighted by Crippen LogP contribution is -2.32. The van der Waals surface area contributed by atoms with Crippen LogP contribution in [0.3, 0.4) is 0 Å². The van der Waals surface area contributed by atoms with Gasteiger partial charge in [-0.3, -0.25) is 4.79 Å². The van der Waals surface area contributed by atoms with Gasteiger partial charge in [-0.15, -0.1) is 6.42 Å². The fraction of sp³-hybridized carbons (Fsp3) is 0.188. The van der Waals surface area contributed by atoms with E-state index in [9.17, 15) is 4.79 Å². The number of carbonyl (C=O) groups excluding carboxylic acids is 1. The van der Waals surface area contributed by atoms with Crippen molar-refractivity contribution >= 4 is 6.29 Å². The van der Waals surface area contributed by atoms with Gasteiger partial charge in [0, 0.05) is 18.6 Å². The summed E-state index contributed by atoms with van der Waals surface area (Å²) in [6, 6.07) is 9.93. The van der Waals surface area contributed by atoms with Crippen molar-refractivity contribution in [3.63, 3.8) is 0 Å². The Hall–Kier alpha value is -2.11. The smallest absolute Gasteiger partial charge is 0.175 e. The van der Waals surface area contributed by atoms with Crippen molar-refractivity contribution in [1.82, 2.24) is 0 Å². The number of terminal acetylenes is 1. The molecule has 0 saturated heterocycles. The topological polar surface area (TPSA) is 26.3 Å². The lowest BCUT2D eigenvalue weighted by Gasteiger charge is -2.28. The second-order valence-electron chi connectivity index (χ2n) is 4.12. The van der Waals surface area contributed by atoms with Gasteiger partial charge in [0.25, 0.3) is 0 Å². The van der Waals surface area contributed by atoms with E-state index >= 15 is 0 Å². The first-order valence-corrected chi connectivity index (χ1v) is 5.70. The normalized spacial score (nSPS) is 26.2. The zero-order valence-electron chi connectivity index (χ0n) is 10.2. The molecule has 1 aliphatic rings. The van der Waals surface area contributed by atoms with E-state index in [2.05, 4.69) is 5.92 Å². The minimum atomic E-state index is -1.02. The third-order valence-corrected chi connectivity index (χ3v) is 3.17. The van der Waals surface area contributed by atoms with Crippen molar-refractivity contribution < 1.29 is 9.53 Å². The first kappa shape index (κ1) is 12.3. The minimum absolute atomic E-state index is 0.0584. The van der Waals surface area contributed by atoms with Crippen LogP contribution >= 0.6 is 0 Å². The van der Waals surface area contributed by atoms with Gasteiger partial charge in [0.15, 0.2) is 5.60 Å². The van der Waals surface area contributed by atoms with Crippen molar-refractivity contribution in [3.05, 3.63) is 59.7 Å². The van der Waals surface area contributed by atoms with Crippen LogP contribution in [-0.4, -0.2) is 19.0 Å². The summed E-state index contributed by atoms with van der Waals surface area (Å²) in [7, 11) is 1.50. The Morgan fingerprint density at radius 1 is 1.39 bits per heavy atom. The molecule has 1 aliphatic carbocycles.